The lowest BCUT2D eigenvalue weighted by Crippen LogP contribution is -2.32. The first-order valence-electron chi connectivity index (χ1n) is 8.82. The number of aryl methyl sites for hydroxylation is 1. The van der Waals surface area contributed by atoms with Gasteiger partial charge in [0.2, 0.25) is 0 Å². The molecule has 0 radical (unpaired) electrons. The van der Waals surface area contributed by atoms with Gasteiger partial charge in [0.05, 0.1) is 27.6 Å². The molecule has 0 aliphatic rings. The molecule has 0 aliphatic heterocycles. The number of hydrazone groups is 1. The molecule has 2 amide bonds. The quantitative estimate of drug-likeness (QED) is 0.348. The summed E-state index contributed by atoms with van der Waals surface area (Å²) in [6, 6.07) is 12.7. The molecule has 30 heavy (non-hydrogen) atoms. The predicted molar refractivity (Wildman–Crippen MR) is 116 cm³/mol. The molecular weight excluding hydrogens is 430 g/mol. The summed E-state index contributed by atoms with van der Waals surface area (Å²) in [4.78, 5) is 23.8. The maximum absolute atomic E-state index is 13.6. The van der Waals surface area contributed by atoms with Crippen molar-refractivity contribution in [3.05, 3.63) is 81.3 Å². The SMILES string of the molecule is Cc1cc(/C=N\NC(=O)C(=O)Nc2ccccc2F)c(C)n1-c1cccc(Cl)c1Cl. The van der Waals surface area contributed by atoms with E-state index in [0.717, 1.165) is 11.4 Å². The van der Waals surface area contributed by atoms with E-state index in [0.29, 0.717) is 21.3 Å². The van der Waals surface area contributed by atoms with Crippen molar-refractivity contribution in [2.75, 3.05) is 5.32 Å². The van der Waals surface area contributed by atoms with Crippen LogP contribution in [0.1, 0.15) is 17.0 Å². The number of hydrogen-bond acceptors (Lipinski definition) is 3. The molecule has 3 aromatic rings. The summed E-state index contributed by atoms with van der Waals surface area (Å²) in [6.07, 6.45) is 1.41. The van der Waals surface area contributed by atoms with E-state index < -0.39 is 17.6 Å². The van der Waals surface area contributed by atoms with Gasteiger partial charge in [0.15, 0.2) is 0 Å². The zero-order valence-electron chi connectivity index (χ0n) is 16.0. The molecule has 0 unspecified atom stereocenters. The molecule has 1 aromatic heterocycles. The molecule has 2 aromatic carbocycles. The normalized spacial score (nSPS) is 11.0. The Morgan fingerprint density at radius 1 is 1.07 bits per heavy atom. The number of nitrogens with zero attached hydrogens (tertiary/aromatic N) is 2. The van der Waals surface area contributed by atoms with Gasteiger partial charge in [0.25, 0.3) is 0 Å². The lowest BCUT2D eigenvalue weighted by Gasteiger charge is -2.12. The molecule has 1 heterocycles. The van der Waals surface area contributed by atoms with Crippen molar-refractivity contribution in [1.82, 2.24) is 9.99 Å². The average Bonchev–Trinajstić information content (AvgIpc) is 2.99. The van der Waals surface area contributed by atoms with Crippen LogP contribution in [0.4, 0.5) is 10.1 Å². The number of carbonyl (C=O) groups is 2. The summed E-state index contributed by atoms with van der Waals surface area (Å²) >= 11 is 12.4. The number of para-hydroxylation sites is 1. The Balaban J connectivity index is 1.72. The highest BCUT2D eigenvalue weighted by molar-refractivity contribution is 6.43. The van der Waals surface area contributed by atoms with Gasteiger partial charge in [0.1, 0.15) is 5.82 Å². The highest BCUT2D eigenvalue weighted by atomic mass is 35.5. The standard InChI is InChI=1S/C21H17Cl2FN4O2/c1-12-10-14(13(2)28(12)18-9-5-6-15(22)19(18)23)11-25-27-21(30)20(29)26-17-8-4-3-7-16(17)24/h3-11H,1-2H3,(H,26,29)(H,27,30)/b25-11-. The van der Waals surface area contributed by atoms with E-state index in [-0.39, 0.29) is 5.69 Å². The van der Waals surface area contributed by atoms with Crippen molar-refractivity contribution < 1.29 is 14.0 Å². The lowest BCUT2D eigenvalue weighted by atomic mass is 10.2. The van der Waals surface area contributed by atoms with Gasteiger partial charge in [-0.1, -0.05) is 41.4 Å². The number of benzene rings is 2. The van der Waals surface area contributed by atoms with E-state index in [9.17, 15) is 14.0 Å². The Morgan fingerprint density at radius 2 is 1.80 bits per heavy atom. The Hall–Kier alpha value is -3.16. The first-order valence-corrected chi connectivity index (χ1v) is 9.57. The number of nitrogens with one attached hydrogen (secondary N) is 2. The zero-order valence-corrected chi connectivity index (χ0v) is 17.6. The van der Waals surface area contributed by atoms with Crippen molar-refractivity contribution in [3.63, 3.8) is 0 Å². The minimum absolute atomic E-state index is 0.0939. The van der Waals surface area contributed by atoms with Crippen molar-refractivity contribution in [2.24, 2.45) is 5.10 Å². The van der Waals surface area contributed by atoms with Crippen molar-refractivity contribution in [3.8, 4) is 5.69 Å². The smallest absolute Gasteiger partial charge is 0.316 e. The molecule has 154 valence electrons. The number of halogens is 3. The number of aromatic nitrogens is 1. The average molecular weight is 447 g/mol. The fourth-order valence-corrected chi connectivity index (χ4v) is 3.29. The Kier molecular flexibility index (Phi) is 6.54. The molecule has 9 heteroatoms. The molecular formula is C21H17Cl2FN4O2. The number of hydrogen-bond donors (Lipinski definition) is 2. The second kappa shape index (κ2) is 9.11. The van der Waals surface area contributed by atoms with Crippen LogP contribution < -0.4 is 10.7 Å². The molecule has 3 rings (SSSR count). The molecule has 0 fully saturated rings. The van der Waals surface area contributed by atoms with E-state index in [2.05, 4.69) is 15.8 Å². The minimum Gasteiger partial charge on any atom is -0.316 e. The highest BCUT2D eigenvalue weighted by Crippen LogP contribution is 2.31. The van der Waals surface area contributed by atoms with Gasteiger partial charge in [-0.3, -0.25) is 9.59 Å². The Bertz CT molecular complexity index is 1160. The van der Waals surface area contributed by atoms with Crippen LogP contribution in [0, 0.1) is 19.7 Å². The number of rotatable bonds is 4. The monoisotopic (exact) mass is 446 g/mol. The third-order valence-corrected chi connectivity index (χ3v) is 5.15. The van der Waals surface area contributed by atoms with Crippen molar-refractivity contribution >= 4 is 46.9 Å². The third kappa shape index (κ3) is 4.53. The summed E-state index contributed by atoms with van der Waals surface area (Å²) in [7, 11) is 0. The molecule has 0 atom stereocenters. The predicted octanol–water partition coefficient (Wildman–Crippen LogP) is 4.63. The van der Waals surface area contributed by atoms with Crippen molar-refractivity contribution in [2.45, 2.75) is 13.8 Å². The largest absolute Gasteiger partial charge is 0.329 e. The maximum Gasteiger partial charge on any atom is 0.329 e. The molecule has 0 spiro atoms. The molecule has 0 aliphatic carbocycles. The Labute approximate surface area is 182 Å². The summed E-state index contributed by atoms with van der Waals surface area (Å²) < 4.78 is 15.5. The van der Waals surface area contributed by atoms with E-state index in [1.165, 1.54) is 30.5 Å². The fraction of sp³-hybridized carbons (Fsp3) is 0.0952. The molecule has 0 saturated carbocycles. The molecule has 0 saturated heterocycles. The molecule has 6 nitrogen and oxygen atoms in total. The third-order valence-electron chi connectivity index (χ3n) is 4.34. The minimum atomic E-state index is -1.03. The summed E-state index contributed by atoms with van der Waals surface area (Å²) in [6.45, 7) is 3.75. The van der Waals surface area contributed by atoms with Gasteiger partial charge in [-0.05, 0) is 44.2 Å². The molecule has 2 N–H and O–H groups in total. The van der Waals surface area contributed by atoms with Gasteiger partial charge in [0, 0.05) is 17.0 Å². The second-order valence-corrected chi connectivity index (χ2v) is 7.15. The van der Waals surface area contributed by atoms with Gasteiger partial charge >= 0.3 is 11.8 Å². The van der Waals surface area contributed by atoms with Gasteiger partial charge in [-0.25, -0.2) is 9.82 Å². The van der Waals surface area contributed by atoms with Crippen molar-refractivity contribution in [1.29, 1.82) is 0 Å². The maximum atomic E-state index is 13.6. The van der Waals surface area contributed by atoms with Crippen LogP contribution in [-0.4, -0.2) is 22.6 Å². The van der Waals surface area contributed by atoms with Crippen LogP contribution >= 0.6 is 23.2 Å². The first-order chi connectivity index (χ1) is 14.3. The second-order valence-electron chi connectivity index (χ2n) is 6.37. The van der Waals surface area contributed by atoms with E-state index in [1.54, 1.807) is 12.1 Å². The van der Waals surface area contributed by atoms with Crippen LogP contribution in [0.25, 0.3) is 5.69 Å². The van der Waals surface area contributed by atoms with Gasteiger partial charge in [-0.15, -0.1) is 0 Å². The van der Waals surface area contributed by atoms with Gasteiger partial charge in [-0.2, -0.15) is 5.10 Å². The number of carbonyl (C=O) groups excluding carboxylic acids is 2. The van der Waals surface area contributed by atoms with Crippen LogP contribution in [0.5, 0.6) is 0 Å². The fourth-order valence-electron chi connectivity index (χ4n) is 2.91. The van der Waals surface area contributed by atoms with E-state index >= 15 is 0 Å². The number of amides is 2. The van der Waals surface area contributed by atoms with Crippen LogP contribution in [0.15, 0.2) is 53.6 Å². The van der Waals surface area contributed by atoms with Gasteiger partial charge < -0.3 is 9.88 Å². The Morgan fingerprint density at radius 3 is 2.53 bits per heavy atom. The highest BCUT2D eigenvalue weighted by Gasteiger charge is 2.16. The topological polar surface area (TPSA) is 75.5 Å². The first kappa shape index (κ1) is 21.5. The van der Waals surface area contributed by atoms with Crippen LogP contribution in [0.3, 0.4) is 0 Å². The van der Waals surface area contributed by atoms with E-state index in [4.69, 9.17) is 23.2 Å². The van der Waals surface area contributed by atoms with Crippen LogP contribution in [0.2, 0.25) is 10.0 Å². The summed E-state index contributed by atoms with van der Waals surface area (Å²) in [5, 5.41) is 6.86. The summed E-state index contributed by atoms with van der Waals surface area (Å²) in [5.41, 5.74) is 5.14. The molecule has 0 bridgehead atoms. The lowest BCUT2D eigenvalue weighted by molar-refractivity contribution is -0.136. The number of anilines is 1. The van der Waals surface area contributed by atoms with Crippen LogP contribution in [-0.2, 0) is 9.59 Å². The summed E-state index contributed by atoms with van der Waals surface area (Å²) in [5.74, 6) is -2.70. The van der Waals surface area contributed by atoms with E-state index in [1.807, 2.05) is 30.5 Å². The zero-order chi connectivity index (χ0) is 21.8.